The molecule has 0 aliphatic rings. The van der Waals surface area contributed by atoms with Gasteiger partial charge in [0.1, 0.15) is 16.6 Å². The largest absolute Gasteiger partial charge is 0.455 e. The number of nitro groups is 1. The fraction of sp³-hybridized carbons (Fsp3) is 0.0769. The quantitative estimate of drug-likeness (QED) is 0.387. The summed E-state index contributed by atoms with van der Waals surface area (Å²) in [7, 11) is 0. The molecule has 9 heteroatoms. The van der Waals surface area contributed by atoms with Crippen LogP contribution in [0.5, 0.6) is 0 Å². The molecule has 0 aliphatic heterocycles. The zero-order chi connectivity index (χ0) is 16.1. The van der Waals surface area contributed by atoms with Crippen molar-refractivity contribution in [3.8, 4) is 11.3 Å². The maximum atomic E-state index is 10.1. The number of guanidine groups is 1. The van der Waals surface area contributed by atoms with Crippen molar-refractivity contribution < 1.29 is 9.45 Å². The first-order chi connectivity index (χ1) is 10.5. The van der Waals surface area contributed by atoms with E-state index >= 15 is 0 Å². The van der Waals surface area contributed by atoms with Crippen molar-refractivity contribution >= 4 is 23.8 Å². The van der Waals surface area contributed by atoms with Crippen LogP contribution in [-0.4, -0.2) is 17.2 Å². The number of hydrogen-bond acceptors (Lipinski definition) is 4. The number of furan rings is 1. The lowest BCUT2D eigenvalue weighted by Crippen LogP contribution is -2.28. The molecule has 1 heterocycles. The molecule has 1 aromatic heterocycles. The summed E-state index contributed by atoms with van der Waals surface area (Å²) in [6, 6.07) is 9.04. The Morgan fingerprint density at radius 2 is 2.23 bits per heavy atom. The SMILES string of the molecule is Cc1ccc(-c2ccc(/C=N\N/C(N)=N/[N+](=O)[O-])o2)cc1Cl. The highest BCUT2D eigenvalue weighted by atomic mass is 35.5. The Balaban J connectivity index is 2.08. The smallest absolute Gasteiger partial charge is 0.286 e. The van der Waals surface area contributed by atoms with Crippen LogP contribution in [0.1, 0.15) is 11.3 Å². The Morgan fingerprint density at radius 3 is 2.91 bits per heavy atom. The first-order valence-corrected chi connectivity index (χ1v) is 6.47. The van der Waals surface area contributed by atoms with Crippen LogP contribution >= 0.6 is 11.6 Å². The fourth-order valence-electron chi connectivity index (χ4n) is 1.60. The van der Waals surface area contributed by atoms with E-state index in [0.29, 0.717) is 16.5 Å². The Bertz CT molecular complexity index is 754. The topological polar surface area (TPSA) is 119 Å². The monoisotopic (exact) mass is 321 g/mol. The molecule has 0 atom stereocenters. The van der Waals surface area contributed by atoms with E-state index in [1.165, 1.54) is 6.21 Å². The lowest BCUT2D eigenvalue weighted by Gasteiger charge is -2.00. The normalized spacial score (nSPS) is 11.8. The maximum Gasteiger partial charge on any atom is 0.286 e. The summed E-state index contributed by atoms with van der Waals surface area (Å²) < 4.78 is 5.56. The summed E-state index contributed by atoms with van der Waals surface area (Å²) in [5.74, 6) is 0.627. The van der Waals surface area contributed by atoms with Crippen LogP contribution in [0.3, 0.4) is 0 Å². The Kier molecular flexibility index (Phi) is 4.74. The molecule has 0 radical (unpaired) electrons. The first-order valence-electron chi connectivity index (χ1n) is 6.09. The van der Waals surface area contributed by atoms with Crippen LogP contribution in [-0.2, 0) is 0 Å². The van der Waals surface area contributed by atoms with Crippen molar-refractivity contribution in [2.75, 3.05) is 0 Å². The number of hydrazone groups is 2. The highest BCUT2D eigenvalue weighted by Gasteiger charge is 2.05. The van der Waals surface area contributed by atoms with E-state index in [2.05, 4.69) is 15.6 Å². The minimum atomic E-state index is -0.927. The van der Waals surface area contributed by atoms with E-state index in [1.54, 1.807) is 18.2 Å². The minimum absolute atomic E-state index is 0.432. The summed E-state index contributed by atoms with van der Waals surface area (Å²) in [5, 5.41) is 16.3. The standard InChI is InChI=1S/C13H12ClN5O3/c1-8-2-3-9(6-11(8)14)12-5-4-10(22-12)7-16-17-13(15)18-19(20)21/h2-7H,1H3,(H3,15,17,18)/b16-7-. The van der Waals surface area contributed by atoms with Crippen LogP contribution < -0.4 is 11.2 Å². The molecule has 3 N–H and O–H groups in total. The van der Waals surface area contributed by atoms with Gasteiger partial charge in [-0.3, -0.25) is 0 Å². The van der Waals surface area contributed by atoms with Crippen LogP contribution in [0.2, 0.25) is 5.02 Å². The number of hydrogen-bond donors (Lipinski definition) is 2. The molecule has 0 saturated carbocycles. The first kappa shape index (κ1) is 15.5. The van der Waals surface area contributed by atoms with Crippen molar-refractivity contribution in [2.45, 2.75) is 6.92 Å². The van der Waals surface area contributed by atoms with Crippen LogP contribution in [0.25, 0.3) is 11.3 Å². The van der Waals surface area contributed by atoms with Gasteiger partial charge < -0.3 is 10.2 Å². The number of nitrogens with one attached hydrogen (secondary N) is 1. The zero-order valence-electron chi connectivity index (χ0n) is 11.5. The molecule has 0 bridgehead atoms. The van der Waals surface area contributed by atoms with Gasteiger partial charge >= 0.3 is 0 Å². The van der Waals surface area contributed by atoms with Crippen LogP contribution in [0.4, 0.5) is 0 Å². The molecule has 8 nitrogen and oxygen atoms in total. The third-order valence-corrected chi connectivity index (χ3v) is 3.05. The fourth-order valence-corrected chi connectivity index (χ4v) is 1.78. The highest BCUT2D eigenvalue weighted by molar-refractivity contribution is 6.31. The van der Waals surface area contributed by atoms with E-state index < -0.39 is 11.0 Å². The predicted molar refractivity (Wildman–Crippen MR) is 83.2 cm³/mol. The van der Waals surface area contributed by atoms with Gasteiger partial charge in [0.05, 0.1) is 6.21 Å². The second-order valence-electron chi connectivity index (χ2n) is 4.26. The van der Waals surface area contributed by atoms with Crippen LogP contribution in [0.15, 0.2) is 45.0 Å². The van der Waals surface area contributed by atoms with Crippen molar-refractivity contribution in [1.29, 1.82) is 0 Å². The molecule has 114 valence electrons. The lowest BCUT2D eigenvalue weighted by molar-refractivity contribution is -0.485. The van der Waals surface area contributed by atoms with Gasteiger partial charge in [0, 0.05) is 10.6 Å². The summed E-state index contributed by atoms with van der Waals surface area (Å²) in [5.41, 5.74) is 9.21. The molecule has 0 unspecified atom stereocenters. The van der Waals surface area contributed by atoms with Gasteiger partial charge in [-0.1, -0.05) is 23.7 Å². The van der Waals surface area contributed by atoms with Gasteiger partial charge in [-0.15, -0.1) is 0 Å². The number of aryl methyl sites for hydroxylation is 1. The second kappa shape index (κ2) is 6.72. The molecule has 0 aliphatic carbocycles. The van der Waals surface area contributed by atoms with Crippen molar-refractivity contribution in [1.82, 2.24) is 5.43 Å². The molecule has 0 saturated heterocycles. The van der Waals surface area contributed by atoms with E-state index in [4.69, 9.17) is 21.8 Å². The number of halogens is 1. The molecule has 0 amide bonds. The van der Waals surface area contributed by atoms with Gasteiger partial charge in [-0.05, 0) is 30.7 Å². The van der Waals surface area contributed by atoms with Crippen molar-refractivity contribution in [2.24, 2.45) is 15.9 Å². The highest BCUT2D eigenvalue weighted by Crippen LogP contribution is 2.26. The predicted octanol–water partition coefficient (Wildman–Crippen LogP) is 2.34. The van der Waals surface area contributed by atoms with E-state index in [9.17, 15) is 10.1 Å². The Hall–Kier alpha value is -2.87. The van der Waals surface area contributed by atoms with E-state index in [1.807, 2.05) is 19.1 Å². The Labute approximate surface area is 130 Å². The number of nitrogens with two attached hydrogens (primary N) is 1. The molecule has 2 rings (SSSR count). The summed E-state index contributed by atoms with van der Waals surface area (Å²) in [6.45, 7) is 1.91. The van der Waals surface area contributed by atoms with E-state index in [-0.39, 0.29) is 0 Å². The van der Waals surface area contributed by atoms with Gasteiger partial charge in [-0.2, -0.15) is 5.10 Å². The summed E-state index contributed by atoms with van der Waals surface area (Å²) in [4.78, 5) is 10.1. The minimum Gasteiger partial charge on any atom is -0.455 e. The molecular formula is C13H12ClN5O3. The molecule has 1 aromatic carbocycles. The molecule has 0 spiro atoms. The third-order valence-electron chi connectivity index (χ3n) is 2.64. The lowest BCUT2D eigenvalue weighted by atomic mass is 10.1. The Morgan fingerprint density at radius 1 is 1.45 bits per heavy atom. The molecule has 0 fully saturated rings. The zero-order valence-corrected chi connectivity index (χ0v) is 12.2. The van der Waals surface area contributed by atoms with Crippen molar-refractivity contribution in [3.63, 3.8) is 0 Å². The maximum absolute atomic E-state index is 10.1. The van der Waals surface area contributed by atoms with Gasteiger partial charge in [0.15, 0.2) is 5.03 Å². The number of benzene rings is 1. The molecule has 2 aromatic rings. The summed E-state index contributed by atoms with van der Waals surface area (Å²) >= 11 is 6.07. The summed E-state index contributed by atoms with van der Waals surface area (Å²) in [6.07, 6.45) is 1.32. The molecular weight excluding hydrogens is 310 g/mol. The third kappa shape index (κ3) is 4.06. The van der Waals surface area contributed by atoms with Crippen molar-refractivity contribution in [3.05, 3.63) is 56.8 Å². The number of nitrogens with zero attached hydrogens (tertiary/aromatic N) is 3. The van der Waals surface area contributed by atoms with Gasteiger partial charge in [0.25, 0.3) is 5.96 Å². The van der Waals surface area contributed by atoms with Crippen LogP contribution in [0, 0.1) is 17.0 Å². The average molecular weight is 322 g/mol. The van der Waals surface area contributed by atoms with Gasteiger partial charge in [-0.25, -0.2) is 15.5 Å². The molecule has 22 heavy (non-hydrogen) atoms. The average Bonchev–Trinajstić information content (AvgIpc) is 2.90. The second-order valence-corrected chi connectivity index (χ2v) is 4.67. The number of rotatable bonds is 4. The van der Waals surface area contributed by atoms with E-state index in [0.717, 1.165) is 11.1 Å². The van der Waals surface area contributed by atoms with Gasteiger partial charge in [0.2, 0.25) is 0 Å².